The number of hydrogen-bond acceptors (Lipinski definition) is 1. The van der Waals surface area contributed by atoms with E-state index in [1.165, 1.54) is 0 Å². The summed E-state index contributed by atoms with van der Waals surface area (Å²) in [4.78, 5) is 0. The zero-order chi connectivity index (χ0) is 4.71. The van der Waals surface area contributed by atoms with Gasteiger partial charge in [0, 0.05) is 21.5 Å². The van der Waals surface area contributed by atoms with Gasteiger partial charge in [-0.1, -0.05) is 0 Å². The van der Waals surface area contributed by atoms with E-state index in [1.807, 2.05) is 14.1 Å². The van der Waals surface area contributed by atoms with Gasteiger partial charge in [0.25, 0.3) is 0 Å². The molecule has 0 aromatic rings. The largest absolute Gasteiger partial charge is 1.00 e. The molecule has 0 spiro atoms. The van der Waals surface area contributed by atoms with Crippen molar-refractivity contribution in [3.8, 4) is 0 Å². The van der Waals surface area contributed by atoms with Crippen molar-refractivity contribution >= 4 is 30.4 Å². The Morgan fingerprint density at radius 3 is 1.33 bits per heavy atom. The molecule has 0 amide bonds. The van der Waals surface area contributed by atoms with Crippen molar-refractivity contribution in [1.82, 2.24) is 5.32 Å². The molecule has 0 atom stereocenters. The van der Waals surface area contributed by atoms with Gasteiger partial charge in [0.1, 0.15) is 0 Å². The van der Waals surface area contributed by atoms with E-state index >= 15 is 0 Å². The van der Waals surface area contributed by atoms with Crippen molar-refractivity contribution in [3.05, 3.63) is 0 Å². The van der Waals surface area contributed by atoms with Crippen LogP contribution in [0.2, 0.25) is 0 Å². The first kappa shape index (κ1) is 15.6. The molecular formula is C2H7AgClIN+. The van der Waals surface area contributed by atoms with Gasteiger partial charge in [-0.25, -0.2) is 0 Å². The normalized spacial score (nSPS) is 4.00. The van der Waals surface area contributed by atoms with Crippen molar-refractivity contribution in [3.63, 3.8) is 0 Å². The maximum absolute atomic E-state index is 4.61. The van der Waals surface area contributed by atoms with Crippen molar-refractivity contribution in [2.24, 2.45) is 0 Å². The Morgan fingerprint density at radius 1 is 1.33 bits per heavy atom. The summed E-state index contributed by atoms with van der Waals surface area (Å²) in [6.45, 7) is 0. The van der Waals surface area contributed by atoms with Crippen molar-refractivity contribution in [1.29, 1.82) is 0 Å². The smallest absolute Gasteiger partial charge is 0.323 e. The number of rotatable bonds is 0. The summed E-state index contributed by atoms with van der Waals surface area (Å²) in [7, 11) is 8.36. The second kappa shape index (κ2) is 29.7. The third kappa shape index (κ3) is 43.1. The molecule has 0 saturated carbocycles. The summed E-state index contributed by atoms with van der Waals surface area (Å²) in [5, 5.41) is 2.75. The molecule has 0 radical (unpaired) electrons. The van der Waals surface area contributed by atoms with Crippen molar-refractivity contribution < 1.29 is 22.4 Å². The van der Waals surface area contributed by atoms with Crippen LogP contribution in [-0.4, -0.2) is 14.1 Å². The fourth-order valence-corrected chi connectivity index (χ4v) is 0. The molecule has 0 rings (SSSR count). The average Bonchev–Trinajstić information content (AvgIpc) is 1.46. The monoisotopic (exact) mass is 314 g/mol. The molecule has 0 heterocycles. The molecule has 4 heteroatoms. The Hall–Kier alpha value is 1.72. The zero-order valence-electron chi connectivity index (χ0n) is 3.56. The quantitative estimate of drug-likeness (QED) is 0.526. The molecule has 0 bridgehead atoms. The first-order chi connectivity index (χ1) is 2.41. The third-order valence-corrected chi connectivity index (χ3v) is 0. The van der Waals surface area contributed by atoms with E-state index in [1.54, 1.807) is 21.5 Å². The van der Waals surface area contributed by atoms with Crippen LogP contribution in [0.4, 0.5) is 0 Å². The van der Waals surface area contributed by atoms with Gasteiger partial charge < -0.3 is 5.32 Å². The zero-order valence-corrected chi connectivity index (χ0v) is 7.95. The summed E-state index contributed by atoms with van der Waals surface area (Å²) < 4.78 is 0. The van der Waals surface area contributed by atoms with Gasteiger partial charge in [0.15, 0.2) is 0 Å². The van der Waals surface area contributed by atoms with E-state index in [0.717, 1.165) is 0 Å². The molecule has 6 heavy (non-hydrogen) atoms. The van der Waals surface area contributed by atoms with Crippen molar-refractivity contribution in [2.45, 2.75) is 0 Å². The SMILES string of the molecule is CNC.ClI.[Ag+]. The fraction of sp³-hybridized carbons (Fsp3) is 1.00. The molecule has 0 aromatic carbocycles. The minimum atomic E-state index is 0. The molecule has 0 aliphatic carbocycles. The van der Waals surface area contributed by atoms with E-state index in [4.69, 9.17) is 0 Å². The summed E-state index contributed by atoms with van der Waals surface area (Å²) >= 11 is 1.62. The van der Waals surface area contributed by atoms with Gasteiger partial charge in [0.2, 0.25) is 0 Å². The minimum absolute atomic E-state index is 0. The van der Waals surface area contributed by atoms with E-state index in [2.05, 4.69) is 14.2 Å². The van der Waals surface area contributed by atoms with Gasteiger partial charge in [-0.05, 0) is 23.0 Å². The van der Waals surface area contributed by atoms with Crippen LogP contribution in [0.3, 0.4) is 0 Å². The van der Waals surface area contributed by atoms with Gasteiger partial charge in [-0.2, -0.15) is 0 Å². The molecule has 44 valence electrons. The average molecular weight is 315 g/mol. The Morgan fingerprint density at radius 2 is 1.33 bits per heavy atom. The van der Waals surface area contributed by atoms with Crippen LogP contribution in [-0.2, 0) is 22.4 Å². The Labute approximate surface area is 71.6 Å². The van der Waals surface area contributed by atoms with E-state index in [-0.39, 0.29) is 22.4 Å². The van der Waals surface area contributed by atoms with Gasteiger partial charge in [0.05, 0.1) is 0 Å². The second-order valence-electron chi connectivity index (χ2n) is 0.500. The Kier molecular flexibility index (Phi) is 77.5. The van der Waals surface area contributed by atoms with Crippen LogP contribution < -0.4 is 5.32 Å². The number of halogens is 2. The Balaban J connectivity index is -0.0000000275. The molecule has 0 unspecified atom stereocenters. The second-order valence-corrected chi connectivity index (χ2v) is 0.500. The van der Waals surface area contributed by atoms with Gasteiger partial charge in [-0.3, -0.25) is 0 Å². The topological polar surface area (TPSA) is 12.0 Å². The number of hydrogen-bond donors (Lipinski definition) is 1. The standard InChI is InChI=1S/C2H7N.Ag.ClI/c1-3-2;;1-2/h3H,1-2H3;;/q;+1;. The molecule has 1 nitrogen and oxygen atoms in total. The predicted molar refractivity (Wildman–Crippen MR) is 34.9 cm³/mol. The van der Waals surface area contributed by atoms with Crippen LogP contribution in [0, 0.1) is 0 Å². The first-order valence-electron chi connectivity index (χ1n) is 1.14. The van der Waals surface area contributed by atoms with E-state index in [9.17, 15) is 0 Å². The van der Waals surface area contributed by atoms with E-state index < -0.39 is 0 Å². The van der Waals surface area contributed by atoms with Gasteiger partial charge in [-0.15, -0.1) is 0 Å². The third-order valence-electron chi connectivity index (χ3n) is 0. The maximum atomic E-state index is 4.61. The minimum Gasteiger partial charge on any atom is -0.323 e. The molecule has 1 N–H and O–H groups in total. The van der Waals surface area contributed by atoms with Gasteiger partial charge >= 0.3 is 22.4 Å². The van der Waals surface area contributed by atoms with Crippen LogP contribution in [0.1, 0.15) is 0 Å². The van der Waals surface area contributed by atoms with Crippen LogP contribution >= 0.6 is 30.4 Å². The molecule has 0 aliphatic rings. The summed E-state index contributed by atoms with van der Waals surface area (Å²) in [5.74, 6) is 0. The molecule has 0 aliphatic heterocycles. The molecule has 0 fully saturated rings. The van der Waals surface area contributed by atoms with Crippen molar-refractivity contribution in [2.75, 3.05) is 14.1 Å². The Bertz CT molecular complexity index is 13.5. The predicted octanol–water partition coefficient (Wildman–Crippen LogP) is 1.41. The molecule has 0 aromatic heterocycles. The van der Waals surface area contributed by atoms with Crippen LogP contribution in [0.15, 0.2) is 0 Å². The van der Waals surface area contributed by atoms with Crippen LogP contribution in [0.5, 0.6) is 0 Å². The van der Waals surface area contributed by atoms with Crippen LogP contribution in [0.25, 0.3) is 0 Å². The first-order valence-corrected chi connectivity index (χ1v) is 3.87. The maximum Gasteiger partial charge on any atom is 1.00 e. The summed E-state index contributed by atoms with van der Waals surface area (Å²) in [6, 6.07) is 0. The molecular weight excluding hydrogens is 308 g/mol. The van der Waals surface area contributed by atoms with E-state index in [0.29, 0.717) is 0 Å². The summed E-state index contributed by atoms with van der Waals surface area (Å²) in [5.41, 5.74) is 0. The fourth-order valence-electron chi connectivity index (χ4n) is 0. The summed E-state index contributed by atoms with van der Waals surface area (Å²) in [6.07, 6.45) is 0. The molecule has 0 saturated heterocycles. The number of nitrogens with one attached hydrogen (secondary N) is 1.